The molecule has 0 saturated carbocycles. The van der Waals surface area contributed by atoms with E-state index in [0.717, 1.165) is 27.8 Å². The molecule has 2 N–H and O–H groups in total. The molecule has 5 heteroatoms. The first kappa shape index (κ1) is 16.8. The van der Waals surface area contributed by atoms with Crippen LogP contribution in [0.25, 0.3) is 33.3 Å². The average molecular weight is 357 g/mol. The van der Waals surface area contributed by atoms with E-state index in [2.05, 4.69) is 34.2 Å². The fourth-order valence-electron chi connectivity index (χ4n) is 3.19. The zero-order valence-corrected chi connectivity index (χ0v) is 15.1. The topological polar surface area (TPSA) is 70.3 Å². The molecular weight excluding hydrogens is 338 g/mol. The smallest absolute Gasteiger partial charge is 0.221 e. The molecule has 1 heterocycles. The highest BCUT2D eigenvalue weighted by Crippen LogP contribution is 2.37. The highest BCUT2D eigenvalue weighted by Gasteiger charge is 2.16. The van der Waals surface area contributed by atoms with Crippen LogP contribution in [0.3, 0.4) is 0 Å². The van der Waals surface area contributed by atoms with Crippen molar-refractivity contribution in [2.45, 2.75) is 0 Å². The molecule has 27 heavy (non-hydrogen) atoms. The fraction of sp³-hybridized carbons (Fsp3) is 0.0909. The van der Waals surface area contributed by atoms with E-state index in [0.29, 0.717) is 17.0 Å². The molecule has 0 radical (unpaired) electrons. The quantitative estimate of drug-likeness (QED) is 0.580. The van der Waals surface area contributed by atoms with Crippen molar-refractivity contribution < 1.29 is 9.47 Å². The van der Waals surface area contributed by atoms with Crippen molar-refractivity contribution in [1.29, 1.82) is 0 Å². The second kappa shape index (κ2) is 6.96. The number of nitrogens with zero attached hydrogens (tertiary/aromatic N) is 2. The number of nitrogens with two attached hydrogens (primary N) is 1. The van der Waals surface area contributed by atoms with E-state index in [1.54, 1.807) is 14.2 Å². The number of rotatable bonds is 4. The van der Waals surface area contributed by atoms with Crippen LogP contribution in [0.1, 0.15) is 0 Å². The van der Waals surface area contributed by atoms with Gasteiger partial charge in [-0.2, -0.15) is 0 Å². The van der Waals surface area contributed by atoms with Crippen molar-refractivity contribution in [3.05, 3.63) is 66.7 Å². The van der Waals surface area contributed by atoms with Gasteiger partial charge in [0.1, 0.15) is 11.5 Å². The Morgan fingerprint density at radius 2 is 1.48 bits per heavy atom. The minimum absolute atomic E-state index is 0.206. The average Bonchev–Trinajstić information content (AvgIpc) is 2.72. The first-order chi connectivity index (χ1) is 13.2. The Balaban J connectivity index is 1.97. The lowest BCUT2D eigenvalue weighted by atomic mass is 9.99. The molecule has 1 aromatic heterocycles. The Kier molecular flexibility index (Phi) is 4.34. The summed E-state index contributed by atoms with van der Waals surface area (Å²) < 4.78 is 10.9. The summed E-state index contributed by atoms with van der Waals surface area (Å²) in [7, 11) is 3.23. The number of methoxy groups -OCH3 is 2. The monoisotopic (exact) mass is 357 g/mol. The molecular formula is C22H19N3O2. The number of aromatic nitrogens is 2. The predicted molar refractivity (Wildman–Crippen MR) is 108 cm³/mol. The normalized spacial score (nSPS) is 10.7. The van der Waals surface area contributed by atoms with Gasteiger partial charge in [0.25, 0.3) is 0 Å². The summed E-state index contributed by atoms with van der Waals surface area (Å²) in [4.78, 5) is 8.88. The number of fused-ring (bicyclic) bond motifs is 1. The van der Waals surface area contributed by atoms with Crippen molar-refractivity contribution in [3.8, 4) is 33.9 Å². The molecule has 0 saturated heterocycles. The molecule has 4 rings (SSSR count). The van der Waals surface area contributed by atoms with Gasteiger partial charge in [0.05, 0.1) is 30.8 Å². The summed E-state index contributed by atoms with van der Waals surface area (Å²) in [6, 6.07) is 22.1. The molecule has 5 nitrogen and oxygen atoms in total. The van der Waals surface area contributed by atoms with E-state index in [4.69, 9.17) is 15.2 Å². The first-order valence-corrected chi connectivity index (χ1v) is 8.54. The van der Waals surface area contributed by atoms with Gasteiger partial charge in [-0.1, -0.05) is 48.5 Å². The van der Waals surface area contributed by atoms with Gasteiger partial charge >= 0.3 is 0 Å². The van der Waals surface area contributed by atoms with Crippen LogP contribution in [-0.2, 0) is 0 Å². The zero-order chi connectivity index (χ0) is 18.8. The third-order valence-corrected chi connectivity index (χ3v) is 4.45. The van der Waals surface area contributed by atoms with E-state index < -0.39 is 0 Å². The van der Waals surface area contributed by atoms with E-state index in [9.17, 15) is 0 Å². The van der Waals surface area contributed by atoms with Gasteiger partial charge in [-0.3, -0.25) is 0 Å². The van der Waals surface area contributed by atoms with E-state index in [1.807, 2.05) is 42.5 Å². The molecule has 134 valence electrons. The standard InChI is InChI=1S/C22H19N3O2/c1-26-17-12-18-20(19(13-17)27-2)21(25-22(23)24-18)16-10-6-9-15(11-16)14-7-4-3-5-8-14/h3-13H,1-2H3,(H2,23,24,25). The van der Waals surface area contributed by atoms with Crippen LogP contribution in [0.15, 0.2) is 66.7 Å². The van der Waals surface area contributed by atoms with Crippen molar-refractivity contribution >= 4 is 16.9 Å². The number of anilines is 1. The lowest BCUT2D eigenvalue weighted by Gasteiger charge is -2.13. The SMILES string of the molecule is COc1cc(OC)c2c(-c3cccc(-c4ccccc4)c3)nc(N)nc2c1. The first-order valence-electron chi connectivity index (χ1n) is 8.54. The van der Waals surface area contributed by atoms with Gasteiger partial charge in [-0.15, -0.1) is 0 Å². The summed E-state index contributed by atoms with van der Waals surface area (Å²) >= 11 is 0. The molecule has 0 aliphatic heterocycles. The number of hydrogen-bond donors (Lipinski definition) is 1. The van der Waals surface area contributed by atoms with Crippen molar-refractivity contribution in [1.82, 2.24) is 9.97 Å². The molecule has 0 spiro atoms. The van der Waals surface area contributed by atoms with Crippen molar-refractivity contribution in [2.24, 2.45) is 0 Å². The summed E-state index contributed by atoms with van der Waals surface area (Å²) in [5.41, 5.74) is 10.6. The second-order valence-electron chi connectivity index (χ2n) is 6.10. The Labute approximate surface area is 157 Å². The number of ether oxygens (including phenoxy) is 2. The van der Waals surface area contributed by atoms with Crippen LogP contribution in [0, 0.1) is 0 Å². The molecule has 0 aliphatic carbocycles. The van der Waals surface area contributed by atoms with Gasteiger partial charge in [0, 0.05) is 17.7 Å². The molecule has 0 bridgehead atoms. The van der Waals surface area contributed by atoms with Crippen LogP contribution < -0.4 is 15.2 Å². The maximum absolute atomic E-state index is 5.99. The molecule has 0 fully saturated rings. The molecule has 0 aliphatic rings. The summed E-state index contributed by atoms with van der Waals surface area (Å²) in [6.45, 7) is 0. The van der Waals surface area contributed by atoms with Gasteiger partial charge in [-0.25, -0.2) is 9.97 Å². The molecule has 0 unspecified atom stereocenters. The molecule has 0 amide bonds. The van der Waals surface area contributed by atoms with Crippen LogP contribution >= 0.6 is 0 Å². The lowest BCUT2D eigenvalue weighted by molar-refractivity contribution is 0.398. The summed E-state index contributed by atoms with van der Waals surface area (Å²) in [5, 5.41) is 0.803. The van der Waals surface area contributed by atoms with Gasteiger partial charge in [0.15, 0.2) is 0 Å². The second-order valence-corrected chi connectivity index (χ2v) is 6.10. The molecule has 4 aromatic rings. The van der Waals surface area contributed by atoms with Crippen LogP contribution in [0.4, 0.5) is 5.95 Å². The number of nitrogen functional groups attached to an aromatic ring is 1. The third kappa shape index (κ3) is 3.15. The maximum Gasteiger partial charge on any atom is 0.221 e. The summed E-state index contributed by atoms with van der Waals surface area (Å²) in [6.07, 6.45) is 0. The predicted octanol–water partition coefficient (Wildman–Crippen LogP) is 4.56. The zero-order valence-electron chi connectivity index (χ0n) is 15.1. The minimum Gasteiger partial charge on any atom is -0.497 e. The Hall–Kier alpha value is -3.60. The third-order valence-electron chi connectivity index (χ3n) is 4.45. The largest absolute Gasteiger partial charge is 0.497 e. The van der Waals surface area contributed by atoms with Crippen molar-refractivity contribution in [3.63, 3.8) is 0 Å². The highest BCUT2D eigenvalue weighted by atomic mass is 16.5. The summed E-state index contributed by atoms with van der Waals surface area (Å²) in [5.74, 6) is 1.50. The van der Waals surface area contributed by atoms with E-state index in [-0.39, 0.29) is 5.95 Å². The number of hydrogen-bond acceptors (Lipinski definition) is 5. The van der Waals surface area contributed by atoms with E-state index >= 15 is 0 Å². The van der Waals surface area contributed by atoms with Gasteiger partial charge < -0.3 is 15.2 Å². The van der Waals surface area contributed by atoms with E-state index in [1.165, 1.54) is 0 Å². The Morgan fingerprint density at radius 1 is 0.741 bits per heavy atom. The van der Waals surface area contributed by atoms with Crippen LogP contribution in [-0.4, -0.2) is 24.2 Å². The fourth-order valence-corrected chi connectivity index (χ4v) is 3.19. The van der Waals surface area contributed by atoms with Crippen LogP contribution in [0.5, 0.6) is 11.5 Å². The van der Waals surface area contributed by atoms with Gasteiger partial charge in [0.2, 0.25) is 5.95 Å². The van der Waals surface area contributed by atoms with Crippen LogP contribution in [0.2, 0.25) is 0 Å². The Morgan fingerprint density at radius 3 is 2.22 bits per heavy atom. The number of benzene rings is 3. The van der Waals surface area contributed by atoms with Crippen molar-refractivity contribution in [2.75, 3.05) is 20.0 Å². The highest BCUT2D eigenvalue weighted by molar-refractivity contribution is 5.99. The minimum atomic E-state index is 0.206. The Bertz CT molecular complexity index is 1110. The maximum atomic E-state index is 5.99. The molecule has 0 atom stereocenters. The van der Waals surface area contributed by atoms with Gasteiger partial charge in [-0.05, 0) is 17.2 Å². The lowest BCUT2D eigenvalue weighted by Crippen LogP contribution is -2.00. The molecule has 3 aromatic carbocycles.